The molecule has 0 unspecified atom stereocenters. The van der Waals surface area contributed by atoms with Crippen molar-refractivity contribution in [3.8, 4) is 5.75 Å². The van der Waals surface area contributed by atoms with Crippen molar-refractivity contribution in [3.05, 3.63) is 40.7 Å². The van der Waals surface area contributed by atoms with Crippen LogP contribution in [0, 0.1) is 0 Å². The van der Waals surface area contributed by atoms with E-state index < -0.39 is 0 Å². The van der Waals surface area contributed by atoms with E-state index in [9.17, 15) is 4.79 Å². The average molecular weight is 238 g/mol. The monoisotopic (exact) mass is 237 g/mol. The maximum absolute atomic E-state index is 12.0. The van der Waals surface area contributed by atoms with Gasteiger partial charge in [0, 0.05) is 5.02 Å². The minimum atomic E-state index is -0.284. The van der Waals surface area contributed by atoms with Crippen LogP contribution < -0.4 is 4.74 Å². The normalized spacial score (nSPS) is 10.1. The number of ketones is 1. The van der Waals surface area contributed by atoms with Gasteiger partial charge in [-0.3, -0.25) is 4.79 Å². The molecule has 0 aliphatic rings. The SMILES string of the molecule is COc1ccc(Cl)cc1C(=O)c1cn[nH]n1. The summed E-state index contributed by atoms with van der Waals surface area (Å²) >= 11 is 5.83. The molecule has 1 aromatic heterocycles. The molecule has 1 N–H and O–H groups in total. The molecule has 2 aromatic rings. The van der Waals surface area contributed by atoms with Crippen LogP contribution in [0.5, 0.6) is 5.75 Å². The molecule has 0 aliphatic carbocycles. The van der Waals surface area contributed by atoms with Crippen molar-refractivity contribution in [3.63, 3.8) is 0 Å². The molecule has 0 spiro atoms. The van der Waals surface area contributed by atoms with Gasteiger partial charge < -0.3 is 4.74 Å². The molecule has 0 fully saturated rings. The van der Waals surface area contributed by atoms with E-state index in [-0.39, 0.29) is 11.5 Å². The lowest BCUT2D eigenvalue weighted by Gasteiger charge is -2.05. The van der Waals surface area contributed by atoms with Crippen LogP contribution in [0.15, 0.2) is 24.4 Å². The summed E-state index contributed by atoms with van der Waals surface area (Å²) in [6.07, 6.45) is 1.35. The molecule has 0 aliphatic heterocycles. The number of aromatic amines is 1. The van der Waals surface area contributed by atoms with Gasteiger partial charge in [0.05, 0.1) is 18.9 Å². The lowest BCUT2D eigenvalue weighted by atomic mass is 10.1. The highest BCUT2D eigenvalue weighted by molar-refractivity contribution is 6.31. The van der Waals surface area contributed by atoms with E-state index >= 15 is 0 Å². The van der Waals surface area contributed by atoms with Crippen LogP contribution >= 0.6 is 11.6 Å². The number of H-pyrrole nitrogens is 1. The Labute approximate surface area is 96.4 Å². The number of nitrogens with zero attached hydrogens (tertiary/aromatic N) is 2. The number of rotatable bonds is 3. The number of carbonyl (C=O) groups is 1. The summed E-state index contributed by atoms with van der Waals surface area (Å²) in [4.78, 5) is 12.0. The van der Waals surface area contributed by atoms with E-state index in [0.717, 1.165) is 0 Å². The Morgan fingerprint density at radius 3 is 2.94 bits per heavy atom. The van der Waals surface area contributed by atoms with Crippen LogP contribution in [0.4, 0.5) is 0 Å². The van der Waals surface area contributed by atoms with Crippen molar-refractivity contribution in [2.45, 2.75) is 0 Å². The first kappa shape index (κ1) is 10.6. The Morgan fingerprint density at radius 1 is 1.50 bits per heavy atom. The maximum atomic E-state index is 12.0. The fourth-order valence-electron chi connectivity index (χ4n) is 1.31. The van der Waals surface area contributed by atoms with Gasteiger partial charge in [-0.2, -0.15) is 15.4 Å². The number of carbonyl (C=O) groups excluding carboxylic acids is 1. The van der Waals surface area contributed by atoms with Crippen molar-refractivity contribution in [1.29, 1.82) is 0 Å². The zero-order valence-corrected chi connectivity index (χ0v) is 9.15. The second-order valence-electron chi connectivity index (χ2n) is 3.03. The summed E-state index contributed by atoms with van der Waals surface area (Å²) in [5.74, 6) is 0.172. The predicted octanol–water partition coefficient (Wildman–Crippen LogP) is 1.70. The first-order valence-corrected chi connectivity index (χ1v) is 4.84. The van der Waals surface area contributed by atoms with Gasteiger partial charge in [-0.25, -0.2) is 0 Å². The Bertz CT molecular complexity index is 511. The molecule has 1 heterocycles. The fraction of sp³-hybridized carbons (Fsp3) is 0.100. The van der Waals surface area contributed by atoms with E-state index in [2.05, 4.69) is 15.4 Å². The second-order valence-corrected chi connectivity index (χ2v) is 3.47. The molecule has 0 radical (unpaired) electrons. The van der Waals surface area contributed by atoms with E-state index in [0.29, 0.717) is 16.3 Å². The molecule has 1 aromatic carbocycles. The number of hydrogen-bond acceptors (Lipinski definition) is 4. The quantitative estimate of drug-likeness (QED) is 0.825. The number of nitrogens with one attached hydrogen (secondary N) is 1. The summed E-state index contributed by atoms with van der Waals surface area (Å²) in [5, 5.41) is 10.1. The van der Waals surface area contributed by atoms with Crippen molar-refractivity contribution in [1.82, 2.24) is 15.4 Å². The maximum Gasteiger partial charge on any atom is 0.218 e. The van der Waals surface area contributed by atoms with Crippen molar-refractivity contribution in [2.24, 2.45) is 0 Å². The molecule has 0 amide bonds. The Balaban J connectivity index is 2.47. The van der Waals surface area contributed by atoms with E-state index in [1.165, 1.54) is 19.4 Å². The third-order valence-corrected chi connectivity index (χ3v) is 2.29. The van der Waals surface area contributed by atoms with Gasteiger partial charge in [-0.15, -0.1) is 0 Å². The highest BCUT2D eigenvalue weighted by Gasteiger charge is 2.17. The fourth-order valence-corrected chi connectivity index (χ4v) is 1.48. The molecular weight excluding hydrogens is 230 g/mol. The second kappa shape index (κ2) is 4.32. The summed E-state index contributed by atoms with van der Waals surface area (Å²) in [6.45, 7) is 0. The number of methoxy groups -OCH3 is 1. The van der Waals surface area contributed by atoms with Gasteiger partial charge in [0.1, 0.15) is 5.75 Å². The van der Waals surface area contributed by atoms with Gasteiger partial charge in [0.2, 0.25) is 5.78 Å². The Morgan fingerprint density at radius 2 is 2.31 bits per heavy atom. The van der Waals surface area contributed by atoms with Gasteiger partial charge in [-0.1, -0.05) is 11.6 Å². The van der Waals surface area contributed by atoms with Crippen molar-refractivity contribution in [2.75, 3.05) is 7.11 Å². The molecule has 0 saturated heterocycles. The molecule has 0 atom stereocenters. The van der Waals surface area contributed by atoms with Gasteiger partial charge >= 0.3 is 0 Å². The number of aromatic nitrogens is 3. The molecular formula is C10H8ClN3O2. The minimum absolute atomic E-state index is 0.223. The van der Waals surface area contributed by atoms with E-state index in [1.807, 2.05) is 0 Å². The zero-order chi connectivity index (χ0) is 11.5. The van der Waals surface area contributed by atoms with Crippen LogP contribution in [0.25, 0.3) is 0 Å². The van der Waals surface area contributed by atoms with Crippen LogP contribution in [0.3, 0.4) is 0 Å². The molecule has 2 rings (SSSR count). The number of benzene rings is 1. The third kappa shape index (κ3) is 1.90. The first-order chi connectivity index (χ1) is 7.72. The van der Waals surface area contributed by atoms with Gasteiger partial charge in [0.25, 0.3) is 0 Å². The lowest BCUT2D eigenvalue weighted by molar-refractivity contribution is 0.103. The van der Waals surface area contributed by atoms with Crippen LogP contribution in [0.1, 0.15) is 16.1 Å². The van der Waals surface area contributed by atoms with Crippen LogP contribution in [-0.4, -0.2) is 28.3 Å². The van der Waals surface area contributed by atoms with Crippen molar-refractivity contribution >= 4 is 17.4 Å². The predicted molar refractivity (Wildman–Crippen MR) is 57.8 cm³/mol. The number of hydrogen-bond donors (Lipinski definition) is 1. The molecule has 6 heteroatoms. The highest BCUT2D eigenvalue weighted by atomic mass is 35.5. The smallest absolute Gasteiger partial charge is 0.218 e. The topological polar surface area (TPSA) is 67.9 Å². The highest BCUT2D eigenvalue weighted by Crippen LogP contribution is 2.24. The minimum Gasteiger partial charge on any atom is -0.496 e. The standard InChI is InChI=1S/C10H8ClN3O2/c1-16-9-3-2-6(11)4-7(9)10(15)8-5-12-14-13-8/h2-5H,1H3,(H,12,13,14). The molecule has 5 nitrogen and oxygen atoms in total. The van der Waals surface area contributed by atoms with Crippen molar-refractivity contribution < 1.29 is 9.53 Å². The molecule has 82 valence electrons. The average Bonchev–Trinajstić information content (AvgIpc) is 2.81. The first-order valence-electron chi connectivity index (χ1n) is 4.46. The largest absolute Gasteiger partial charge is 0.496 e. The summed E-state index contributed by atoms with van der Waals surface area (Å²) in [5.41, 5.74) is 0.587. The summed E-state index contributed by atoms with van der Waals surface area (Å²) in [6, 6.07) is 4.83. The summed E-state index contributed by atoms with van der Waals surface area (Å²) in [7, 11) is 1.49. The Hall–Kier alpha value is -1.88. The van der Waals surface area contributed by atoms with E-state index in [4.69, 9.17) is 16.3 Å². The van der Waals surface area contributed by atoms with Crippen LogP contribution in [-0.2, 0) is 0 Å². The molecule has 0 saturated carbocycles. The zero-order valence-electron chi connectivity index (χ0n) is 8.40. The summed E-state index contributed by atoms with van der Waals surface area (Å²) < 4.78 is 5.08. The third-order valence-electron chi connectivity index (χ3n) is 2.05. The van der Waals surface area contributed by atoms with Crippen LogP contribution in [0.2, 0.25) is 5.02 Å². The number of halogens is 1. The Kier molecular flexibility index (Phi) is 2.87. The van der Waals surface area contributed by atoms with Gasteiger partial charge in [-0.05, 0) is 18.2 Å². The van der Waals surface area contributed by atoms with E-state index in [1.54, 1.807) is 12.1 Å². The lowest BCUT2D eigenvalue weighted by Crippen LogP contribution is -2.04. The molecule has 0 bridgehead atoms. The molecule has 16 heavy (non-hydrogen) atoms. The van der Waals surface area contributed by atoms with Gasteiger partial charge in [0.15, 0.2) is 5.69 Å². The number of ether oxygens (including phenoxy) is 1.